The second-order valence-corrected chi connectivity index (χ2v) is 5.41. The molecule has 0 saturated carbocycles. The van der Waals surface area contributed by atoms with E-state index < -0.39 is 0 Å². The zero-order valence-electron chi connectivity index (χ0n) is 11.1. The van der Waals surface area contributed by atoms with E-state index in [1.807, 2.05) is 13.1 Å². The number of hydrogen-bond acceptors (Lipinski definition) is 4. The van der Waals surface area contributed by atoms with Gasteiger partial charge in [0, 0.05) is 17.5 Å². The third-order valence-electron chi connectivity index (χ3n) is 2.70. The molecule has 1 heterocycles. The number of nitrogens with zero attached hydrogens (tertiary/aromatic N) is 2. The van der Waals surface area contributed by atoms with Crippen LogP contribution in [0.2, 0.25) is 0 Å². The fraction of sp³-hybridized carbons (Fsp3) is 0.286. The molecule has 0 aliphatic heterocycles. The molecule has 1 aromatic carbocycles. The second kappa shape index (κ2) is 6.02. The van der Waals surface area contributed by atoms with Gasteiger partial charge in [-0.15, -0.1) is 0 Å². The van der Waals surface area contributed by atoms with Crippen LogP contribution in [0.25, 0.3) is 0 Å². The number of halogens is 1. The summed E-state index contributed by atoms with van der Waals surface area (Å²) < 4.78 is 13.7. The number of rotatable bonds is 4. The Balaban J connectivity index is 2.43. The zero-order valence-corrected chi connectivity index (χ0v) is 12.0. The van der Waals surface area contributed by atoms with Crippen LogP contribution in [0.15, 0.2) is 40.5 Å². The summed E-state index contributed by atoms with van der Waals surface area (Å²) in [6, 6.07) is 6.71. The van der Waals surface area contributed by atoms with Crippen molar-refractivity contribution in [3.8, 4) is 0 Å². The van der Waals surface area contributed by atoms with Gasteiger partial charge < -0.3 is 5.32 Å². The minimum atomic E-state index is -0.230. The molecule has 0 unspecified atom stereocenters. The molecule has 2 rings (SSSR count). The second-order valence-electron chi connectivity index (χ2n) is 4.38. The van der Waals surface area contributed by atoms with Gasteiger partial charge >= 0.3 is 0 Å². The van der Waals surface area contributed by atoms with Crippen LogP contribution in [-0.2, 0) is 0 Å². The first-order chi connectivity index (χ1) is 9.13. The monoisotopic (exact) mass is 277 g/mol. The average molecular weight is 277 g/mol. The summed E-state index contributed by atoms with van der Waals surface area (Å²) in [6.45, 7) is 4.15. The van der Waals surface area contributed by atoms with E-state index in [1.54, 1.807) is 12.1 Å². The molecule has 1 aromatic heterocycles. The van der Waals surface area contributed by atoms with Crippen molar-refractivity contribution < 1.29 is 4.39 Å². The molecule has 5 heteroatoms. The van der Waals surface area contributed by atoms with E-state index in [-0.39, 0.29) is 11.7 Å². The van der Waals surface area contributed by atoms with Crippen molar-refractivity contribution in [2.45, 2.75) is 29.7 Å². The highest BCUT2D eigenvalue weighted by Gasteiger charge is 2.16. The summed E-state index contributed by atoms with van der Waals surface area (Å²) >= 11 is 1.33. The predicted molar refractivity (Wildman–Crippen MR) is 76.2 cm³/mol. The smallest absolute Gasteiger partial charge is 0.137 e. The van der Waals surface area contributed by atoms with Crippen molar-refractivity contribution in [2.75, 3.05) is 12.4 Å². The molecule has 0 saturated heterocycles. The first-order valence-electron chi connectivity index (χ1n) is 6.08. The summed E-state index contributed by atoms with van der Waals surface area (Å²) in [6.07, 6.45) is 1.50. The predicted octanol–water partition coefficient (Wildman–Crippen LogP) is 3.93. The Morgan fingerprint density at radius 3 is 2.58 bits per heavy atom. The maximum atomic E-state index is 13.7. The van der Waals surface area contributed by atoms with Gasteiger partial charge in [-0.1, -0.05) is 37.7 Å². The van der Waals surface area contributed by atoms with Gasteiger partial charge in [-0.2, -0.15) is 0 Å². The highest BCUT2D eigenvalue weighted by Crippen LogP contribution is 2.36. The van der Waals surface area contributed by atoms with E-state index >= 15 is 0 Å². The number of hydrogen-bond donors (Lipinski definition) is 1. The van der Waals surface area contributed by atoms with Gasteiger partial charge in [0.05, 0.1) is 0 Å². The third kappa shape index (κ3) is 3.04. The van der Waals surface area contributed by atoms with E-state index in [1.165, 1.54) is 24.2 Å². The maximum absolute atomic E-state index is 13.7. The number of nitrogens with one attached hydrogen (secondary N) is 1. The van der Waals surface area contributed by atoms with E-state index in [2.05, 4.69) is 29.1 Å². The van der Waals surface area contributed by atoms with Crippen molar-refractivity contribution in [1.29, 1.82) is 0 Å². The first kappa shape index (κ1) is 13.8. The number of aromatic nitrogens is 2. The summed E-state index contributed by atoms with van der Waals surface area (Å²) in [4.78, 5) is 9.08. The van der Waals surface area contributed by atoms with Crippen LogP contribution in [-0.4, -0.2) is 17.0 Å². The molecule has 0 fully saturated rings. The SMILES string of the molecule is CNc1ncnc(Sc2ccccc2F)c1C(C)C. The van der Waals surface area contributed by atoms with Crippen LogP contribution in [0.3, 0.4) is 0 Å². The van der Waals surface area contributed by atoms with Crippen LogP contribution < -0.4 is 5.32 Å². The molecular weight excluding hydrogens is 261 g/mol. The lowest BCUT2D eigenvalue weighted by atomic mass is 10.1. The molecule has 0 aliphatic carbocycles. The Morgan fingerprint density at radius 2 is 1.95 bits per heavy atom. The van der Waals surface area contributed by atoms with Gasteiger partial charge in [-0.05, 0) is 18.1 Å². The molecule has 0 radical (unpaired) electrons. The molecule has 0 spiro atoms. The Hall–Kier alpha value is -1.62. The molecule has 0 aliphatic rings. The van der Waals surface area contributed by atoms with Crippen LogP contribution in [0.5, 0.6) is 0 Å². The first-order valence-corrected chi connectivity index (χ1v) is 6.90. The van der Waals surface area contributed by atoms with Crippen molar-refractivity contribution in [3.05, 3.63) is 42.0 Å². The van der Waals surface area contributed by atoms with Gasteiger partial charge in [0.15, 0.2) is 0 Å². The summed E-state index contributed by atoms with van der Waals surface area (Å²) in [7, 11) is 1.83. The lowest BCUT2D eigenvalue weighted by Gasteiger charge is -2.15. The normalized spacial score (nSPS) is 10.8. The van der Waals surface area contributed by atoms with Crippen LogP contribution in [0.1, 0.15) is 25.3 Å². The van der Waals surface area contributed by atoms with Crippen LogP contribution in [0.4, 0.5) is 10.2 Å². The lowest BCUT2D eigenvalue weighted by Crippen LogP contribution is -2.04. The summed E-state index contributed by atoms with van der Waals surface area (Å²) in [5.41, 5.74) is 1.01. The third-order valence-corrected chi connectivity index (χ3v) is 3.77. The minimum Gasteiger partial charge on any atom is -0.373 e. The maximum Gasteiger partial charge on any atom is 0.137 e. The fourth-order valence-corrected chi connectivity index (χ4v) is 2.87. The Bertz CT molecular complexity index is 572. The lowest BCUT2D eigenvalue weighted by molar-refractivity contribution is 0.601. The van der Waals surface area contributed by atoms with Gasteiger partial charge in [0.2, 0.25) is 0 Å². The summed E-state index contributed by atoms with van der Waals surface area (Å²) in [5.74, 6) is 0.827. The van der Waals surface area contributed by atoms with Crippen LogP contribution >= 0.6 is 11.8 Å². The van der Waals surface area contributed by atoms with E-state index in [4.69, 9.17) is 0 Å². The van der Waals surface area contributed by atoms with Gasteiger partial charge in [0.1, 0.15) is 23.0 Å². The molecule has 2 aromatic rings. The quantitative estimate of drug-likeness (QED) is 0.859. The molecule has 19 heavy (non-hydrogen) atoms. The Labute approximate surface area is 116 Å². The Morgan fingerprint density at radius 1 is 1.21 bits per heavy atom. The summed E-state index contributed by atoms with van der Waals surface area (Å²) in [5, 5.41) is 3.85. The van der Waals surface area contributed by atoms with Crippen molar-refractivity contribution >= 4 is 17.6 Å². The standard InChI is InChI=1S/C14H16FN3S/c1-9(2)12-13(16-3)17-8-18-14(12)19-11-7-5-4-6-10(11)15/h4-9H,1-3H3,(H,16,17,18). The molecule has 0 bridgehead atoms. The zero-order chi connectivity index (χ0) is 13.8. The highest BCUT2D eigenvalue weighted by molar-refractivity contribution is 7.99. The molecule has 100 valence electrons. The van der Waals surface area contributed by atoms with Gasteiger partial charge in [-0.3, -0.25) is 0 Å². The van der Waals surface area contributed by atoms with Gasteiger partial charge in [-0.25, -0.2) is 14.4 Å². The van der Waals surface area contributed by atoms with Crippen molar-refractivity contribution in [2.24, 2.45) is 0 Å². The van der Waals surface area contributed by atoms with Crippen molar-refractivity contribution in [3.63, 3.8) is 0 Å². The fourth-order valence-electron chi connectivity index (χ4n) is 1.81. The van der Waals surface area contributed by atoms with Gasteiger partial charge in [0.25, 0.3) is 0 Å². The molecule has 0 atom stereocenters. The number of anilines is 1. The van der Waals surface area contributed by atoms with Crippen molar-refractivity contribution in [1.82, 2.24) is 9.97 Å². The molecular formula is C14H16FN3S. The molecule has 1 N–H and O–H groups in total. The minimum absolute atomic E-state index is 0.230. The van der Waals surface area contributed by atoms with E-state index in [9.17, 15) is 4.39 Å². The molecule has 0 amide bonds. The average Bonchev–Trinajstić information content (AvgIpc) is 2.40. The largest absolute Gasteiger partial charge is 0.373 e. The van der Waals surface area contributed by atoms with E-state index in [0.717, 1.165) is 16.4 Å². The topological polar surface area (TPSA) is 37.8 Å². The Kier molecular flexibility index (Phi) is 4.37. The number of benzene rings is 1. The molecule has 3 nitrogen and oxygen atoms in total. The highest BCUT2D eigenvalue weighted by atomic mass is 32.2. The van der Waals surface area contributed by atoms with Crippen LogP contribution in [0, 0.1) is 5.82 Å². The van der Waals surface area contributed by atoms with E-state index in [0.29, 0.717) is 4.90 Å².